The van der Waals surface area contributed by atoms with E-state index in [1.165, 1.54) is 11.1 Å². The Labute approximate surface area is 158 Å². The second-order valence-corrected chi connectivity index (χ2v) is 6.53. The Balaban J connectivity index is 1.85. The number of aryl methyl sites for hydroxylation is 1. The first-order valence-electron chi connectivity index (χ1n) is 8.96. The topological polar surface area (TPSA) is 34.7 Å². The summed E-state index contributed by atoms with van der Waals surface area (Å²) in [4.78, 5) is 4.88. The Morgan fingerprint density at radius 3 is 2.41 bits per heavy atom. The summed E-state index contributed by atoms with van der Waals surface area (Å²) in [6, 6.07) is 26.4. The van der Waals surface area contributed by atoms with E-state index >= 15 is 0 Å². The van der Waals surface area contributed by atoms with E-state index < -0.39 is 0 Å². The summed E-state index contributed by atoms with van der Waals surface area (Å²) >= 11 is 0. The average molecular weight is 355 g/mol. The number of methoxy groups -OCH3 is 1. The predicted octanol–water partition coefficient (Wildman–Crippen LogP) is 5.52. The molecule has 1 aromatic heterocycles. The van der Waals surface area contributed by atoms with Gasteiger partial charge in [0.05, 0.1) is 19.0 Å². The molecule has 0 unspecified atom stereocenters. The van der Waals surface area contributed by atoms with Crippen LogP contribution in [0.1, 0.15) is 11.1 Å². The zero-order valence-corrected chi connectivity index (χ0v) is 15.5. The zero-order chi connectivity index (χ0) is 18.6. The van der Waals surface area contributed by atoms with Crippen LogP contribution < -0.4 is 10.1 Å². The second kappa shape index (κ2) is 7.50. The molecule has 1 heterocycles. The molecule has 0 fully saturated rings. The zero-order valence-electron chi connectivity index (χ0n) is 15.5. The van der Waals surface area contributed by atoms with Crippen LogP contribution in [-0.2, 0) is 6.54 Å². The van der Waals surface area contributed by atoms with Gasteiger partial charge in [0.1, 0.15) is 17.1 Å². The normalized spacial score (nSPS) is 11.7. The molecule has 0 bridgehead atoms. The molecule has 0 spiro atoms. The Morgan fingerprint density at radius 2 is 1.67 bits per heavy atom. The van der Waals surface area contributed by atoms with E-state index in [0.29, 0.717) is 6.54 Å². The molecule has 4 rings (SSSR count). The van der Waals surface area contributed by atoms with Gasteiger partial charge in [0.25, 0.3) is 0 Å². The van der Waals surface area contributed by atoms with Gasteiger partial charge < -0.3 is 9.15 Å². The van der Waals surface area contributed by atoms with Crippen LogP contribution in [0.2, 0.25) is 0 Å². The van der Waals surface area contributed by atoms with Crippen LogP contribution in [0.4, 0.5) is 0 Å². The molecule has 0 saturated heterocycles. The molecular weight excluding hydrogens is 334 g/mol. The Hall–Kier alpha value is -3.33. The van der Waals surface area contributed by atoms with E-state index in [9.17, 15) is 0 Å². The van der Waals surface area contributed by atoms with Crippen LogP contribution in [-0.4, -0.2) is 7.11 Å². The van der Waals surface area contributed by atoms with E-state index in [1.807, 2.05) is 54.6 Å². The molecule has 4 aromatic rings. The molecular formula is C24H21NO2. The van der Waals surface area contributed by atoms with Crippen molar-refractivity contribution in [3.63, 3.8) is 0 Å². The molecule has 0 radical (unpaired) electrons. The number of hydrogen-bond donors (Lipinski definition) is 0. The Morgan fingerprint density at radius 1 is 0.889 bits per heavy atom. The first-order valence-corrected chi connectivity index (χ1v) is 8.96. The Bertz CT molecular complexity index is 1130. The summed E-state index contributed by atoms with van der Waals surface area (Å²) in [5, 5.41) is 1.97. The summed E-state index contributed by atoms with van der Waals surface area (Å²) in [6.07, 6.45) is 0. The molecule has 3 aromatic carbocycles. The minimum atomic E-state index is 0.635. The van der Waals surface area contributed by atoms with Crippen LogP contribution in [0.5, 0.6) is 5.75 Å². The van der Waals surface area contributed by atoms with Crippen molar-refractivity contribution < 1.29 is 9.15 Å². The van der Waals surface area contributed by atoms with Gasteiger partial charge >= 0.3 is 0 Å². The maximum atomic E-state index is 6.17. The van der Waals surface area contributed by atoms with E-state index in [1.54, 1.807) is 7.11 Å². The van der Waals surface area contributed by atoms with E-state index in [4.69, 9.17) is 14.1 Å². The van der Waals surface area contributed by atoms with Gasteiger partial charge in [0, 0.05) is 17.0 Å². The lowest BCUT2D eigenvalue weighted by molar-refractivity contribution is 0.415. The average Bonchev–Trinajstić information content (AvgIpc) is 2.73. The highest BCUT2D eigenvalue weighted by Crippen LogP contribution is 2.24. The lowest BCUT2D eigenvalue weighted by Gasteiger charge is -2.07. The van der Waals surface area contributed by atoms with Crippen LogP contribution >= 0.6 is 0 Å². The largest absolute Gasteiger partial charge is 0.497 e. The molecule has 134 valence electrons. The Kier molecular flexibility index (Phi) is 4.75. The molecule has 27 heavy (non-hydrogen) atoms. The van der Waals surface area contributed by atoms with Crippen molar-refractivity contribution in [3.05, 3.63) is 95.3 Å². The van der Waals surface area contributed by atoms with Crippen molar-refractivity contribution in [2.24, 2.45) is 4.99 Å². The fourth-order valence-corrected chi connectivity index (χ4v) is 3.07. The monoisotopic (exact) mass is 355 g/mol. The highest BCUT2D eigenvalue weighted by Gasteiger charge is 2.07. The molecule has 0 aliphatic heterocycles. The highest BCUT2D eigenvalue weighted by molar-refractivity contribution is 5.79. The molecule has 3 nitrogen and oxygen atoms in total. The molecule has 0 amide bonds. The van der Waals surface area contributed by atoms with Crippen molar-refractivity contribution in [3.8, 4) is 17.1 Å². The maximum absolute atomic E-state index is 6.17. The van der Waals surface area contributed by atoms with Crippen molar-refractivity contribution in [2.75, 3.05) is 7.11 Å². The van der Waals surface area contributed by atoms with E-state index in [2.05, 4.69) is 31.2 Å². The first-order chi connectivity index (χ1) is 13.2. The van der Waals surface area contributed by atoms with E-state index in [0.717, 1.165) is 33.4 Å². The third kappa shape index (κ3) is 3.77. The third-order valence-corrected chi connectivity index (χ3v) is 4.55. The minimum absolute atomic E-state index is 0.635. The number of fused-ring (bicyclic) bond motifs is 1. The molecule has 0 aliphatic carbocycles. The van der Waals surface area contributed by atoms with E-state index in [-0.39, 0.29) is 0 Å². The first kappa shape index (κ1) is 17.1. The van der Waals surface area contributed by atoms with Gasteiger partial charge in [0.2, 0.25) is 0 Å². The molecule has 0 saturated carbocycles. The quantitative estimate of drug-likeness (QED) is 0.483. The summed E-state index contributed by atoms with van der Waals surface area (Å²) in [7, 11) is 1.66. The summed E-state index contributed by atoms with van der Waals surface area (Å²) in [5.41, 5.74) is 4.20. The number of nitrogens with zero attached hydrogens (tertiary/aromatic N) is 1. The van der Waals surface area contributed by atoms with Gasteiger partial charge in [-0.15, -0.1) is 0 Å². The fourth-order valence-electron chi connectivity index (χ4n) is 3.07. The lowest BCUT2D eigenvalue weighted by atomic mass is 10.1. The number of ether oxygens (including phenoxy) is 1. The van der Waals surface area contributed by atoms with Crippen molar-refractivity contribution >= 4 is 11.0 Å². The predicted molar refractivity (Wildman–Crippen MR) is 109 cm³/mol. The fraction of sp³-hybridized carbons (Fsp3) is 0.125. The van der Waals surface area contributed by atoms with Gasteiger partial charge in [-0.2, -0.15) is 0 Å². The summed E-state index contributed by atoms with van der Waals surface area (Å²) < 4.78 is 11.4. The third-order valence-electron chi connectivity index (χ3n) is 4.55. The number of rotatable bonds is 4. The summed E-state index contributed by atoms with van der Waals surface area (Å²) in [6.45, 7) is 2.72. The highest BCUT2D eigenvalue weighted by atomic mass is 16.5. The van der Waals surface area contributed by atoms with Gasteiger partial charge in [-0.05, 0) is 48.9 Å². The lowest BCUT2D eigenvalue weighted by Crippen LogP contribution is -2.05. The molecule has 3 heteroatoms. The van der Waals surface area contributed by atoms with Crippen LogP contribution in [0.25, 0.3) is 22.3 Å². The standard InChI is InChI=1S/C24H21NO2/c1-17-8-13-23-21(14-17)22(25-16-18-6-4-3-5-7-18)15-24(27-23)19-9-11-20(26-2)12-10-19/h3-15H,16H2,1-2H3. The number of hydrogen-bond acceptors (Lipinski definition) is 3. The van der Waals surface area contributed by atoms with Crippen molar-refractivity contribution in [1.29, 1.82) is 0 Å². The van der Waals surface area contributed by atoms with Crippen LogP contribution in [0, 0.1) is 6.92 Å². The SMILES string of the molecule is COc1ccc(-c2cc(=NCc3ccccc3)c3cc(C)ccc3o2)cc1. The molecule has 0 N–H and O–H groups in total. The van der Waals surface area contributed by atoms with Gasteiger partial charge in [0.15, 0.2) is 0 Å². The van der Waals surface area contributed by atoms with Gasteiger partial charge in [-0.25, -0.2) is 0 Å². The summed E-state index contributed by atoms with van der Waals surface area (Å²) in [5.74, 6) is 1.62. The molecule has 0 atom stereocenters. The molecule has 0 aliphatic rings. The number of benzene rings is 3. The van der Waals surface area contributed by atoms with Crippen molar-refractivity contribution in [2.45, 2.75) is 13.5 Å². The minimum Gasteiger partial charge on any atom is -0.497 e. The smallest absolute Gasteiger partial charge is 0.136 e. The van der Waals surface area contributed by atoms with Gasteiger partial charge in [-0.1, -0.05) is 42.0 Å². The second-order valence-electron chi connectivity index (χ2n) is 6.53. The van der Waals surface area contributed by atoms with Crippen molar-refractivity contribution in [1.82, 2.24) is 0 Å². The maximum Gasteiger partial charge on any atom is 0.136 e. The van der Waals surface area contributed by atoms with Gasteiger partial charge in [-0.3, -0.25) is 4.99 Å². The van der Waals surface area contributed by atoms with Crippen LogP contribution in [0.3, 0.4) is 0 Å². The van der Waals surface area contributed by atoms with Crippen LogP contribution in [0.15, 0.2) is 88.3 Å².